The highest BCUT2D eigenvalue weighted by Crippen LogP contribution is 2.30. The molecule has 7 heteroatoms. The number of ether oxygens (including phenoxy) is 1. The standard InChI is InChI=1S/C20H22BrN3O3/c1-14(25)22-17-6-7-18(19(13-17)24-8-10-27-11-9-24)23-20(26)12-15-2-4-16(21)5-3-15/h2-7,13H,8-12H2,1H3,(H,22,25)(H,23,26). The molecule has 0 aliphatic carbocycles. The van der Waals surface area contributed by atoms with E-state index in [1.165, 1.54) is 6.92 Å². The highest BCUT2D eigenvalue weighted by Gasteiger charge is 2.17. The van der Waals surface area contributed by atoms with Crippen LogP contribution in [-0.4, -0.2) is 38.1 Å². The Morgan fingerprint density at radius 3 is 2.44 bits per heavy atom. The molecule has 1 aliphatic rings. The molecule has 2 amide bonds. The molecule has 0 aromatic heterocycles. The summed E-state index contributed by atoms with van der Waals surface area (Å²) in [6.45, 7) is 4.22. The van der Waals surface area contributed by atoms with Crippen LogP contribution < -0.4 is 15.5 Å². The normalized spacial score (nSPS) is 13.9. The highest BCUT2D eigenvalue weighted by atomic mass is 79.9. The number of amides is 2. The minimum absolute atomic E-state index is 0.0842. The van der Waals surface area contributed by atoms with Crippen molar-refractivity contribution in [2.24, 2.45) is 0 Å². The Morgan fingerprint density at radius 1 is 1.07 bits per heavy atom. The van der Waals surface area contributed by atoms with Crippen molar-refractivity contribution < 1.29 is 14.3 Å². The predicted molar refractivity (Wildman–Crippen MR) is 110 cm³/mol. The minimum atomic E-state index is -0.130. The Hall–Kier alpha value is -2.38. The molecule has 0 saturated carbocycles. The fourth-order valence-electron chi connectivity index (χ4n) is 2.97. The Bertz CT molecular complexity index is 818. The highest BCUT2D eigenvalue weighted by molar-refractivity contribution is 9.10. The molecule has 1 fully saturated rings. The summed E-state index contributed by atoms with van der Waals surface area (Å²) in [6.07, 6.45) is 0.295. The van der Waals surface area contributed by atoms with E-state index in [2.05, 4.69) is 31.5 Å². The van der Waals surface area contributed by atoms with Gasteiger partial charge in [-0.05, 0) is 35.9 Å². The van der Waals surface area contributed by atoms with Crippen molar-refractivity contribution >= 4 is 44.8 Å². The maximum atomic E-state index is 12.5. The summed E-state index contributed by atoms with van der Waals surface area (Å²) in [5.74, 6) is -0.214. The zero-order valence-corrected chi connectivity index (χ0v) is 16.7. The van der Waals surface area contributed by atoms with Crippen LogP contribution in [0.3, 0.4) is 0 Å². The first-order valence-electron chi connectivity index (χ1n) is 8.80. The van der Waals surface area contributed by atoms with Gasteiger partial charge in [0, 0.05) is 30.2 Å². The molecule has 0 bridgehead atoms. The fraction of sp³-hybridized carbons (Fsp3) is 0.300. The lowest BCUT2D eigenvalue weighted by atomic mass is 10.1. The predicted octanol–water partition coefficient (Wildman–Crippen LogP) is 3.43. The Labute approximate surface area is 167 Å². The van der Waals surface area contributed by atoms with E-state index in [0.717, 1.165) is 34.5 Å². The number of nitrogens with one attached hydrogen (secondary N) is 2. The van der Waals surface area contributed by atoms with E-state index in [0.29, 0.717) is 25.3 Å². The van der Waals surface area contributed by atoms with Crippen LogP contribution in [-0.2, 0) is 20.7 Å². The quantitative estimate of drug-likeness (QED) is 0.760. The Kier molecular flexibility index (Phi) is 6.47. The third kappa shape index (κ3) is 5.55. The first kappa shape index (κ1) is 19.4. The van der Waals surface area contributed by atoms with Crippen molar-refractivity contribution in [2.75, 3.05) is 41.8 Å². The van der Waals surface area contributed by atoms with Crippen molar-refractivity contribution in [1.82, 2.24) is 0 Å². The van der Waals surface area contributed by atoms with Crippen molar-refractivity contribution in [3.63, 3.8) is 0 Å². The molecular formula is C20H22BrN3O3. The third-order valence-corrected chi connectivity index (χ3v) is 4.75. The summed E-state index contributed by atoms with van der Waals surface area (Å²) in [7, 11) is 0. The van der Waals surface area contributed by atoms with Crippen molar-refractivity contribution in [1.29, 1.82) is 0 Å². The maximum absolute atomic E-state index is 12.5. The van der Waals surface area contributed by atoms with Crippen LogP contribution in [0.4, 0.5) is 17.1 Å². The molecule has 1 saturated heterocycles. The monoisotopic (exact) mass is 431 g/mol. The van der Waals surface area contributed by atoms with Gasteiger partial charge in [0.15, 0.2) is 0 Å². The number of anilines is 3. The molecular weight excluding hydrogens is 410 g/mol. The number of benzene rings is 2. The van der Waals surface area contributed by atoms with Gasteiger partial charge in [0.1, 0.15) is 0 Å². The summed E-state index contributed by atoms with van der Waals surface area (Å²) in [4.78, 5) is 26.1. The van der Waals surface area contributed by atoms with Gasteiger partial charge in [0.2, 0.25) is 11.8 Å². The topological polar surface area (TPSA) is 70.7 Å². The molecule has 0 radical (unpaired) electrons. The van der Waals surface area contributed by atoms with Gasteiger partial charge in [-0.1, -0.05) is 28.1 Å². The van der Waals surface area contributed by atoms with Gasteiger partial charge in [-0.15, -0.1) is 0 Å². The summed E-state index contributed by atoms with van der Waals surface area (Å²) in [6, 6.07) is 13.2. The zero-order chi connectivity index (χ0) is 19.2. The molecule has 142 valence electrons. The van der Waals surface area contributed by atoms with Crippen LogP contribution >= 0.6 is 15.9 Å². The lowest BCUT2D eigenvalue weighted by molar-refractivity contribution is -0.116. The van der Waals surface area contributed by atoms with Gasteiger partial charge in [-0.3, -0.25) is 9.59 Å². The van der Waals surface area contributed by atoms with Gasteiger partial charge >= 0.3 is 0 Å². The molecule has 1 heterocycles. The van der Waals surface area contributed by atoms with Crippen LogP contribution in [0.2, 0.25) is 0 Å². The van der Waals surface area contributed by atoms with Crippen LogP contribution in [0.5, 0.6) is 0 Å². The summed E-state index contributed by atoms with van der Waals surface area (Å²) in [5.41, 5.74) is 3.26. The molecule has 2 N–H and O–H groups in total. The van der Waals surface area contributed by atoms with E-state index in [1.54, 1.807) is 6.07 Å². The van der Waals surface area contributed by atoms with Gasteiger partial charge in [0.25, 0.3) is 0 Å². The lowest BCUT2D eigenvalue weighted by Gasteiger charge is -2.31. The number of hydrogen-bond acceptors (Lipinski definition) is 4. The minimum Gasteiger partial charge on any atom is -0.378 e. The summed E-state index contributed by atoms with van der Waals surface area (Å²) in [5, 5.41) is 5.80. The number of carbonyl (C=O) groups excluding carboxylic acids is 2. The van der Waals surface area contributed by atoms with Crippen molar-refractivity contribution in [3.05, 3.63) is 52.5 Å². The zero-order valence-electron chi connectivity index (χ0n) is 15.1. The second-order valence-corrected chi connectivity index (χ2v) is 7.28. The first-order chi connectivity index (χ1) is 13.0. The van der Waals surface area contributed by atoms with E-state index in [1.807, 2.05) is 36.4 Å². The van der Waals surface area contributed by atoms with Crippen LogP contribution in [0.15, 0.2) is 46.9 Å². The Balaban J connectivity index is 1.78. The largest absolute Gasteiger partial charge is 0.378 e. The number of morpholine rings is 1. The van der Waals surface area contributed by atoms with Gasteiger partial charge in [0.05, 0.1) is 31.0 Å². The van der Waals surface area contributed by atoms with Gasteiger partial charge < -0.3 is 20.3 Å². The van der Waals surface area contributed by atoms with E-state index in [4.69, 9.17) is 4.74 Å². The number of carbonyl (C=O) groups is 2. The molecule has 2 aromatic rings. The van der Waals surface area contributed by atoms with E-state index in [9.17, 15) is 9.59 Å². The van der Waals surface area contributed by atoms with E-state index >= 15 is 0 Å². The molecule has 3 rings (SSSR count). The third-order valence-electron chi connectivity index (χ3n) is 4.22. The summed E-state index contributed by atoms with van der Waals surface area (Å²) < 4.78 is 6.40. The number of hydrogen-bond donors (Lipinski definition) is 2. The lowest BCUT2D eigenvalue weighted by Crippen LogP contribution is -2.37. The molecule has 6 nitrogen and oxygen atoms in total. The fourth-order valence-corrected chi connectivity index (χ4v) is 3.23. The van der Waals surface area contributed by atoms with Crippen molar-refractivity contribution in [2.45, 2.75) is 13.3 Å². The SMILES string of the molecule is CC(=O)Nc1ccc(NC(=O)Cc2ccc(Br)cc2)c(N2CCOCC2)c1. The average molecular weight is 432 g/mol. The molecule has 1 aliphatic heterocycles. The number of rotatable bonds is 5. The van der Waals surface area contributed by atoms with E-state index < -0.39 is 0 Å². The average Bonchev–Trinajstić information content (AvgIpc) is 2.65. The maximum Gasteiger partial charge on any atom is 0.228 e. The first-order valence-corrected chi connectivity index (χ1v) is 9.59. The van der Waals surface area contributed by atoms with Crippen LogP contribution in [0, 0.1) is 0 Å². The second-order valence-electron chi connectivity index (χ2n) is 6.36. The number of halogens is 1. The van der Waals surface area contributed by atoms with Crippen molar-refractivity contribution in [3.8, 4) is 0 Å². The van der Waals surface area contributed by atoms with Gasteiger partial charge in [-0.2, -0.15) is 0 Å². The molecule has 2 aromatic carbocycles. The second kappa shape index (κ2) is 9.01. The van der Waals surface area contributed by atoms with Crippen LogP contribution in [0.1, 0.15) is 12.5 Å². The summed E-state index contributed by atoms with van der Waals surface area (Å²) >= 11 is 3.40. The number of nitrogens with zero attached hydrogens (tertiary/aromatic N) is 1. The van der Waals surface area contributed by atoms with Gasteiger partial charge in [-0.25, -0.2) is 0 Å². The molecule has 27 heavy (non-hydrogen) atoms. The molecule has 0 spiro atoms. The van der Waals surface area contributed by atoms with Crippen LogP contribution in [0.25, 0.3) is 0 Å². The molecule has 0 unspecified atom stereocenters. The molecule has 0 atom stereocenters. The Morgan fingerprint density at radius 2 is 1.78 bits per heavy atom. The smallest absolute Gasteiger partial charge is 0.228 e. The van der Waals surface area contributed by atoms with E-state index in [-0.39, 0.29) is 11.8 Å².